The van der Waals surface area contributed by atoms with E-state index in [2.05, 4.69) is 16.9 Å². The second-order valence-electron chi connectivity index (χ2n) is 5.31. The number of aryl methyl sites for hydroxylation is 1. The fraction of sp³-hybridized carbons (Fsp3) is 0.444. The van der Waals surface area contributed by atoms with Crippen LogP contribution >= 0.6 is 11.8 Å². The first kappa shape index (κ1) is 18.4. The molecule has 5 nitrogen and oxygen atoms in total. The molecule has 0 amide bonds. The van der Waals surface area contributed by atoms with E-state index in [0.717, 1.165) is 24.1 Å². The summed E-state index contributed by atoms with van der Waals surface area (Å²) in [6.07, 6.45) is 4.09. The van der Waals surface area contributed by atoms with E-state index >= 15 is 0 Å². The Bertz CT molecular complexity index is 744. The van der Waals surface area contributed by atoms with E-state index in [-0.39, 0.29) is 5.56 Å². The maximum absolute atomic E-state index is 12.5. The van der Waals surface area contributed by atoms with Gasteiger partial charge >= 0.3 is 0 Å². The van der Waals surface area contributed by atoms with Gasteiger partial charge in [0.25, 0.3) is 5.56 Å². The minimum atomic E-state index is -0.0805. The Morgan fingerprint density at radius 2 is 2.08 bits per heavy atom. The van der Waals surface area contributed by atoms with Crippen molar-refractivity contribution in [2.24, 2.45) is 0 Å². The molecule has 0 atom stereocenters. The smallest absolute Gasteiger partial charge is 0.255 e. The van der Waals surface area contributed by atoms with Crippen LogP contribution in [0.1, 0.15) is 37.1 Å². The van der Waals surface area contributed by atoms with Gasteiger partial charge in [-0.25, -0.2) is 4.98 Å². The summed E-state index contributed by atoms with van der Waals surface area (Å²) < 4.78 is 11.1. The molecule has 0 bridgehead atoms. The van der Waals surface area contributed by atoms with Gasteiger partial charge in [0.05, 0.1) is 19.4 Å². The maximum atomic E-state index is 12.5. The summed E-state index contributed by atoms with van der Waals surface area (Å²) in [5, 5.41) is 0.655. The van der Waals surface area contributed by atoms with Gasteiger partial charge in [-0.2, -0.15) is 0 Å². The van der Waals surface area contributed by atoms with Crippen LogP contribution in [-0.2, 0) is 12.8 Å². The largest absolute Gasteiger partial charge is 0.493 e. The zero-order valence-electron chi connectivity index (χ0n) is 14.6. The van der Waals surface area contributed by atoms with Crippen LogP contribution in [0.3, 0.4) is 0 Å². The van der Waals surface area contributed by atoms with Gasteiger partial charge in [-0.3, -0.25) is 4.79 Å². The zero-order chi connectivity index (χ0) is 17.5. The summed E-state index contributed by atoms with van der Waals surface area (Å²) in [5.41, 5.74) is 2.40. The van der Waals surface area contributed by atoms with Crippen molar-refractivity contribution < 1.29 is 9.47 Å². The maximum Gasteiger partial charge on any atom is 0.255 e. The monoisotopic (exact) mass is 348 g/mol. The number of methoxy groups -OCH3 is 1. The van der Waals surface area contributed by atoms with Crippen LogP contribution in [0.2, 0.25) is 0 Å². The fourth-order valence-corrected chi connectivity index (χ4v) is 3.00. The SMILES string of the molecule is CCCc1nc(SC)[nH]c(=O)c1Cc1cccc(OC)c1OCC. The molecule has 0 radical (unpaired) electrons. The van der Waals surface area contributed by atoms with Crippen molar-refractivity contribution in [1.29, 1.82) is 0 Å². The molecule has 0 aliphatic carbocycles. The molecule has 2 aromatic rings. The van der Waals surface area contributed by atoms with Crippen LogP contribution in [0.15, 0.2) is 28.2 Å². The van der Waals surface area contributed by atoms with Crippen molar-refractivity contribution in [1.82, 2.24) is 9.97 Å². The van der Waals surface area contributed by atoms with Crippen molar-refractivity contribution in [3.05, 3.63) is 45.4 Å². The second kappa shape index (κ2) is 8.78. The molecule has 1 heterocycles. The minimum Gasteiger partial charge on any atom is -0.493 e. The quantitative estimate of drug-likeness (QED) is 0.585. The number of thioether (sulfide) groups is 1. The fourth-order valence-electron chi connectivity index (χ4n) is 2.60. The average molecular weight is 348 g/mol. The Hall–Kier alpha value is -1.95. The van der Waals surface area contributed by atoms with E-state index in [1.165, 1.54) is 11.8 Å². The van der Waals surface area contributed by atoms with Gasteiger partial charge in [0.15, 0.2) is 16.7 Å². The number of nitrogens with zero attached hydrogens (tertiary/aromatic N) is 1. The highest BCUT2D eigenvalue weighted by atomic mass is 32.2. The van der Waals surface area contributed by atoms with Crippen molar-refractivity contribution in [2.45, 2.75) is 38.3 Å². The predicted octanol–water partition coefficient (Wildman–Crippen LogP) is 3.44. The number of rotatable bonds is 8. The lowest BCUT2D eigenvalue weighted by atomic mass is 10.0. The molecule has 1 aromatic heterocycles. The number of benzene rings is 1. The molecule has 6 heteroatoms. The minimum absolute atomic E-state index is 0.0805. The Kier molecular flexibility index (Phi) is 6.73. The van der Waals surface area contributed by atoms with Gasteiger partial charge in [0, 0.05) is 17.5 Å². The lowest BCUT2D eigenvalue weighted by molar-refractivity contribution is 0.308. The first-order valence-corrected chi connectivity index (χ1v) is 9.31. The molecule has 0 aliphatic heterocycles. The van der Waals surface area contributed by atoms with Crippen LogP contribution in [0.4, 0.5) is 0 Å². The number of H-pyrrole nitrogens is 1. The highest BCUT2D eigenvalue weighted by Gasteiger charge is 2.16. The number of aromatic nitrogens is 2. The van der Waals surface area contributed by atoms with E-state index < -0.39 is 0 Å². The third kappa shape index (κ3) is 4.12. The summed E-state index contributed by atoms with van der Waals surface area (Å²) in [6, 6.07) is 5.74. The van der Waals surface area contributed by atoms with Gasteiger partial charge in [-0.1, -0.05) is 37.2 Å². The molecular weight excluding hydrogens is 324 g/mol. The molecule has 1 aromatic carbocycles. The van der Waals surface area contributed by atoms with E-state index in [1.54, 1.807) is 7.11 Å². The van der Waals surface area contributed by atoms with E-state index in [0.29, 0.717) is 35.2 Å². The highest BCUT2D eigenvalue weighted by molar-refractivity contribution is 7.98. The van der Waals surface area contributed by atoms with E-state index in [4.69, 9.17) is 9.47 Å². The Labute approximate surface area is 146 Å². The Morgan fingerprint density at radius 1 is 1.29 bits per heavy atom. The van der Waals surface area contributed by atoms with Gasteiger partial charge < -0.3 is 14.5 Å². The van der Waals surface area contributed by atoms with Crippen molar-refractivity contribution >= 4 is 11.8 Å². The third-order valence-electron chi connectivity index (χ3n) is 3.70. The van der Waals surface area contributed by atoms with Crippen LogP contribution in [0, 0.1) is 0 Å². The van der Waals surface area contributed by atoms with Crippen LogP contribution < -0.4 is 15.0 Å². The molecule has 1 N–H and O–H groups in total. The van der Waals surface area contributed by atoms with Crippen LogP contribution in [0.5, 0.6) is 11.5 Å². The lowest BCUT2D eigenvalue weighted by Gasteiger charge is -2.15. The van der Waals surface area contributed by atoms with Crippen molar-refractivity contribution in [2.75, 3.05) is 20.0 Å². The van der Waals surface area contributed by atoms with Crippen LogP contribution in [0.25, 0.3) is 0 Å². The number of nitrogens with one attached hydrogen (secondary N) is 1. The van der Waals surface area contributed by atoms with E-state index in [1.807, 2.05) is 31.4 Å². The van der Waals surface area contributed by atoms with Gasteiger partial charge in [-0.15, -0.1) is 0 Å². The molecule has 0 unspecified atom stereocenters. The summed E-state index contributed by atoms with van der Waals surface area (Å²) in [4.78, 5) is 20.0. The number of aromatic amines is 1. The Morgan fingerprint density at radius 3 is 2.71 bits per heavy atom. The first-order valence-electron chi connectivity index (χ1n) is 8.09. The van der Waals surface area contributed by atoms with Gasteiger partial charge in [0.2, 0.25) is 0 Å². The van der Waals surface area contributed by atoms with E-state index in [9.17, 15) is 4.79 Å². The third-order valence-corrected chi connectivity index (χ3v) is 4.28. The van der Waals surface area contributed by atoms with Crippen LogP contribution in [-0.4, -0.2) is 29.9 Å². The summed E-state index contributed by atoms with van der Waals surface area (Å²) in [5.74, 6) is 1.37. The molecule has 0 saturated carbocycles. The summed E-state index contributed by atoms with van der Waals surface area (Å²) in [6.45, 7) is 4.55. The molecule has 130 valence electrons. The number of para-hydroxylation sites is 1. The molecule has 0 spiro atoms. The first-order chi connectivity index (χ1) is 11.6. The summed E-state index contributed by atoms with van der Waals surface area (Å²) >= 11 is 1.44. The second-order valence-corrected chi connectivity index (χ2v) is 6.10. The standard InChI is InChI=1S/C18H24N2O3S/c1-5-8-14-13(17(21)20-18(19-14)24-4)11-12-9-7-10-15(22-3)16(12)23-6-2/h7,9-10H,5-6,8,11H2,1-4H3,(H,19,20,21). The van der Waals surface area contributed by atoms with Crippen molar-refractivity contribution in [3.63, 3.8) is 0 Å². The van der Waals surface area contributed by atoms with Gasteiger partial charge in [0.1, 0.15) is 0 Å². The molecule has 0 aliphatic rings. The molecule has 0 saturated heterocycles. The molecule has 24 heavy (non-hydrogen) atoms. The Balaban J connectivity index is 2.49. The number of ether oxygens (including phenoxy) is 2. The lowest BCUT2D eigenvalue weighted by Crippen LogP contribution is -2.19. The number of hydrogen-bond acceptors (Lipinski definition) is 5. The zero-order valence-corrected chi connectivity index (χ0v) is 15.5. The highest BCUT2D eigenvalue weighted by Crippen LogP contribution is 2.32. The molecular formula is C18H24N2O3S. The topological polar surface area (TPSA) is 64.2 Å². The number of hydrogen-bond donors (Lipinski definition) is 1. The predicted molar refractivity (Wildman–Crippen MR) is 97.6 cm³/mol. The van der Waals surface area contributed by atoms with Gasteiger partial charge in [-0.05, 0) is 25.7 Å². The molecule has 2 rings (SSSR count). The normalized spacial score (nSPS) is 10.7. The van der Waals surface area contributed by atoms with Crippen molar-refractivity contribution in [3.8, 4) is 11.5 Å². The summed E-state index contributed by atoms with van der Waals surface area (Å²) in [7, 11) is 1.62. The average Bonchev–Trinajstić information content (AvgIpc) is 2.59. The molecule has 0 fully saturated rings.